The maximum absolute atomic E-state index is 12.7. The molecule has 3 rings (SSSR count). The number of rotatable bonds is 5. The second-order valence-corrected chi connectivity index (χ2v) is 7.59. The Labute approximate surface area is 165 Å². The highest BCUT2D eigenvalue weighted by Gasteiger charge is 2.31. The average Bonchev–Trinajstić information content (AvgIpc) is 2.70. The zero-order valence-corrected chi connectivity index (χ0v) is 15.7. The summed E-state index contributed by atoms with van der Waals surface area (Å²) >= 11 is 0. The Morgan fingerprint density at radius 1 is 1.03 bits per heavy atom. The first-order valence-electron chi connectivity index (χ1n) is 8.36. The first-order valence-corrected chi connectivity index (χ1v) is 9.85. The molecule has 0 radical (unpaired) electrons. The van der Waals surface area contributed by atoms with E-state index >= 15 is 0 Å². The average molecular weight is 420 g/mol. The maximum atomic E-state index is 12.7. The number of sulfonamides is 1. The highest BCUT2D eigenvalue weighted by molar-refractivity contribution is 7.89. The fourth-order valence-electron chi connectivity index (χ4n) is 2.47. The number of fused-ring (bicyclic) bond motifs is 1. The lowest BCUT2D eigenvalue weighted by Crippen LogP contribution is -2.24. The van der Waals surface area contributed by atoms with E-state index in [0.717, 1.165) is 23.6 Å². The van der Waals surface area contributed by atoms with Gasteiger partial charge in [0.15, 0.2) is 0 Å². The van der Waals surface area contributed by atoms with Crippen LogP contribution in [0.2, 0.25) is 0 Å². The molecule has 3 aromatic rings. The van der Waals surface area contributed by atoms with Gasteiger partial charge in [-0.3, -0.25) is 4.98 Å². The van der Waals surface area contributed by atoms with Crippen LogP contribution < -0.4 is 9.46 Å². The zero-order valence-electron chi connectivity index (χ0n) is 14.9. The molecule has 0 spiro atoms. The number of hydrogen-bond acceptors (Lipinski definition) is 4. The summed E-state index contributed by atoms with van der Waals surface area (Å²) in [6.07, 6.45) is -2.98. The molecule has 0 amide bonds. The van der Waals surface area contributed by atoms with Crippen molar-refractivity contribution < 1.29 is 26.3 Å². The second-order valence-electron chi connectivity index (χ2n) is 5.82. The van der Waals surface area contributed by atoms with Crippen molar-refractivity contribution >= 4 is 20.9 Å². The molecule has 0 aliphatic carbocycles. The van der Waals surface area contributed by atoms with Gasteiger partial charge in [0.25, 0.3) is 0 Å². The predicted molar refractivity (Wildman–Crippen MR) is 102 cm³/mol. The van der Waals surface area contributed by atoms with Crippen molar-refractivity contribution in [1.82, 2.24) is 9.71 Å². The zero-order chi connectivity index (χ0) is 20.9. The summed E-state index contributed by atoms with van der Waals surface area (Å²) in [5, 5.41) is 0.909. The van der Waals surface area contributed by atoms with Crippen LogP contribution in [0.4, 0.5) is 13.2 Å². The van der Waals surface area contributed by atoms with Gasteiger partial charge in [-0.05, 0) is 30.3 Å². The van der Waals surface area contributed by atoms with Crippen molar-refractivity contribution in [2.24, 2.45) is 0 Å². The minimum atomic E-state index is -4.63. The van der Waals surface area contributed by atoms with Crippen LogP contribution in [0, 0.1) is 11.8 Å². The van der Waals surface area contributed by atoms with Crippen LogP contribution in [-0.2, 0) is 16.2 Å². The van der Waals surface area contributed by atoms with E-state index in [0.29, 0.717) is 17.3 Å². The number of halogens is 3. The molecular weight excluding hydrogens is 405 g/mol. The fourth-order valence-corrected chi connectivity index (χ4v) is 3.44. The Morgan fingerprint density at radius 3 is 2.59 bits per heavy atom. The smallest absolute Gasteiger partial charge is 0.416 e. The van der Waals surface area contributed by atoms with Gasteiger partial charge >= 0.3 is 6.18 Å². The van der Waals surface area contributed by atoms with E-state index in [4.69, 9.17) is 4.74 Å². The first-order chi connectivity index (χ1) is 13.8. The van der Waals surface area contributed by atoms with E-state index < -0.39 is 26.7 Å². The predicted octanol–water partition coefficient (Wildman–Crippen LogP) is 3.61. The first kappa shape index (κ1) is 20.6. The van der Waals surface area contributed by atoms with Crippen molar-refractivity contribution in [1.29, 1.82) is 0 Å². The number of para-hydroxylation sites is 1. The van der Waals surface area contributed by atoms with E-state index in [1.165, 1.54) is 0 Å². The molecule has 2 aromatic carbocycles. The fraction of sp³-hybridized carbons (Fsp3) is 0.150. The monoisotopic (exact) mass is 420 g/mol. The molecule has 0 fully saturated rings. The number of nitrogens with one attached hydrogen (secondary N) is 1. The van der Waals surface area contributed by atoms with Crippen molar-refractivity contribution in [2.75, 3.05) is 13.2 Å². The van der Waals surface area contributed by atoms with Gasteiger partial charge in [0.1, 0.15) is 17.9 Å². The van der Waals surface area contributed by atoms with Gasteiger partial charge in [0.2, 0.25) is 10.0 Å². The van der Waals surface area contributed by atoms with Crippen LogP contribution in [0.5, 0.6) is 5.75 Å². The van der Waals surface area contributed by atoms with Gasteiger partial charge in [-0.25, -0.2) is 8.42 Å². The molecule has 0 saturated carbocycles. The number of pyridine rings is 1. The molecule has 0 saturated heterocycles. The largest absolute Gasteiger partial charge is 0.479 e. The minimum Gasteiger partial charge on any atom is -0.479 e. The van der Waals surface area contributed by atoms with E-state index in [-0.39, 0.29) is 13.2 Å². The molecule has 0 atom stereocenters. The second kappa shape index (κ2) is 8.51. The number of hydrogen-bond donors (Lipinski definition) is 1. The number of aromatic nitrogens is 1. The van der Waals surface area contributed by atoms with Crippen molar-refractivity contribution in [2.45, 2.75) is 11.1 Å². The Kier molecular flexibility index (Phi) is 6.06. The normalized spacial score (nSPS) is 11.7. The van der Waals surface area contributed by atoms with Gasteiger partial charge < -0.3 is 4.74 Å². The Morgan fingerprint density at radius 2 is 1.79 bits per heavy atom. The third-order valence-electron chi connectivity index (χ3n) is 3.84. The quantitative estimate of drug-likeness (QED) is 0.641. The van der Waals surface area contributed by atoms with Crippen molar-refractivity contribution in [3.8, 4) is 17.6 Å². The van der Waals surface area contributed by atoms with E-state index in [1.807, 2.05) is 24.3 Å². The Hall–Kier alpha value is -3.09. The standard InChI is InChI=1S/C20H15F3N2O3S/c21-20(22,23)16-8-4-9-17(14-16)29(26,27)25-12-1-2-13-28-18-10-3-6-15-7-5-11-24-19(15)18/h3-11,14,25H,12-13H2. The van der Waals surface area contributed by atoms with Crippen LogP contribution in [0.25, 0.3) is 10.9 Å². The summed E-state index contributed by atoms with van der Waals surface area (Å²) in [6, 6.07) is 12.7. The molecular formula is C20H15F3N2O3S. The van der Waals surface area contributed by atoms with Gasteiger partial charge in [0, 0.05) is 11.6 Å². The highest BCUT2D eigenvalue weighted by atomic mass is 32.2. The topological polar surface area (TPSA) is 68.3 Å². The molecule has 0 unspecified atom stereocenters. The Balaban J connectivity index is 1.58. The van der Waals surface area contributed by atoms with Gasteiger partial charge in [-0.15, -0.1) is 0 Å². The Bertz CT molecular complexity index is 1180. The van der Waals surface area contributed by atoms with E-state index in [1.54, 1.807) is 12.3 Å². The number of ether oxygens (including phenoxy) is 1. The van der Waals surface area contributed by atoms with Crippen LogP contribution in [0.15, 0.2) is 65.7 Å². The summed E-state index contributed by atoms with van der Waals surface area (Å²) in [5.41, 5.74) is -0.356. The summed E-state index contributed by atoms with van der Waals surface area (Å²) in [6.45, 7) is -0.267. The van der Waals surface area contributed by atoms with Crippen LogP contribution in [-0.4, -0.2) is 26.6 Å². The number of alkyl halides is 3. The summed E-state index contributed by atoms with van der Waals surface area (Å²) in [7, 11) is -4.11. The molecule has 1 aromatic heterocycles. The van der Waals surface area contributed by atoms with Crippen molar-refractivity contribution in [3.05, 3.63) is 66.4 Å². The number of nitrogens with zero attached hydrogens (tertiary/aromatic N) is 1. The third kappa shape index (κ3) is 5.25. The summed E-state index contributed by atoms with van der Waals surface area (Å²) < 4.78 is 70.1. The lowest BCUT2D eigenvalue weighted by atomic mass is 10.2. The molecule has 29 heavy (non-hydrogen) atoms. The van der Waals surface area contributed by atoms with Gasteiger partial charge in [-0.2, -0.15) is 17.9 Å². The molecule has 5 nitrogen and oxygen atoms in total. The van der Waals surface area contributed by atoms with Crippen LogP contribution in [0.3, 0.4) is 0 Å². The molecule has 9 heteroatoms. The molecule has 0 bridgehead atoms. The molecule has 1 N–H and O–H groups in total. The lowest BCUT2D eigenvalue weighted by molar-refractivity contribution is -0.137. The van der Waals surface area contributed by atoms with Crippen LogP contribution in [0.1, 0.15) is 5.56 Å². The van der Waals surface area contributed by atoms with Gasteiger partial charge in [-0.1, -0.05) is 36.1 Å². The SMILES string of the molecule is O=S(=O)(NCC#CCOc1cccc2cccnc12)c1cccc(C(F)(F)F)c1. The van der Waals surface area contributed by atoms with Gasteiger partial charge in [0.05, 0.1) is 17.0 Å². The number of benzene rings is 2. The summed E-state index contributed by atoms with van der Waals surface area (Å²) in [4.78, 5) is 3.76. The van der Waals surface area contributed by atoms with Crippen molar-refractivity contribution in [3.63, 3.8) is 0 Å². The lowest BCUT2D eigenvalue weighted by Gasteiger charge is -2.09. The highest BCUT2D eigenvalue weighted by Crippen LogP contribution is 2.30. The minimum absolute atomic E-state index is 0.000966. The molecule has 1 heterocycles. The van der Waals surface area contributed by atoms with E-state index in [2.05, 4.69) is 21.5 Å². The molecule has 0 aliphatic heterocycles. The molecule has 150 valence electrons. The van der Waals surface area contributed by atoms with Crippen LogP contribution >= 0.6 is 0 Å². The van der Waals surface area contributed by atoms with E-state index in [9.17, 15) is 21.6 Å². The third-order valence-corrected chi connectivity index (χ3v) is 5.24. The summed E-state index contributed by atoms with van der Waals surface area (Å²) in [5.74, 6) is 5.76. The molecule has 0 aliphatic rings. The maximum Gasteiger partial charge on any atom is 0.416 e.